The molecule has 2 atom stereocenters. The summed E-state index contributed by atoms with van der Waals surface area (Å²) in [5, 5.41) is 3.34. The van der Waals surface area contributed by atoms with Crippen LogP contribution in [-0.2, 0) is 4.74 Å². The Morgan fingerprint density at radius 2 is 2.15 bits per heavy atom. The number of ether oxygens (including phenoxy) is 1. The van der Waals surface area contributed by atoms with Gasteiger partial charge in [0.25, 0.3) is 0 Å². The van der Waals surface area contributed by atoms with E-state index >= 15 is 0 Å². The van der Waals surface area contributed by atoms with E-state index in [9.17, 15) is 0 Å². The number of pyridine rings is 1. The van der Waals surface area contributed by atoms with Gasteiger partial charge in [-0.3, -0.25) is 4.98 Å². The van der Waals surface area contributed by atoms with Crippen LogP contribution in [0.5, 0.6) is 0 Å². The lowest BCUT2D eigenvalue weighted by molar-refractivity contribution is -0.0287. The van der Waals surface area contributed by atoms with E-state index in [2.05, 4.69) is 17.2 Å². The molecule has 0 radical (unpaired) electrons. The summed E-state index contributed by atoms with van der Waals surface area (Å²) in [7, 11) is 0. The van der Waals surface area contributed by atoms with Crippen molar-refractivity contribution in [1.82, 2.24) is 10.3 Å². The zero-order valence-electron chi connectivity index (χ0n) is 7.73. The summed E-state index contributed by atoms with van der Waals surface area (Å²) >= 11 is 0. The van der Waals surface area contributed by atoms with Gasteiger partial charge in [0.15, 0.2) is 0 Å². The maximum absolute atomic E-state index is 5.78. The minimum atomic E-state index is 0.187. The predicted octanol–water partition coefficient (Wildman–Crippen LogP) is 1.13. The molecule has 1 aliphatic heterocycles. The van der Waals surface area contributed by atoms with Gasteiger partial charge in [0.2, 0.25) is 0 Å². The van der Waals surface area contributed by atoms with E-state index in [1.54, 1.807) is 12.4 Å². The Morgan fingerprint density at radius 1 is 1.38 bits per heavy atom. The van der Waals surface area contributed by atoms with Crippen molar-refractivity contribution in [3.63, 3.8) is 0 Å². The van der Waals surface area contributed by atoms with Gasteiger partial charge in [-0.15, -0.1) is 0 Å². The number of morpholine rings is 1. The summed E-state index contributed by atoms with van der Waals surface area (Å²) < 4.78 is 5.78. The number of hydrogen-bond acceptors (Lipinski definition) is 3. The van der Waals surface area contributed by atoms with Gasteiger partial charge in [0, 0.05) is 25.5 Å². The maximum atomic E-state index is 5.78. The van der Waals surface area contributed by atoms with Crippen LogP contribution in [0.1, 0.15) is 18.6 Å². The van der Waals surface area contributed by atoms with Crippen molar-refractivity contribution in [1.29, 1.82) is 0 Å². The van der Waals surface area contributed by atoms with E-state index in [1.807, 2.05) is 12.1 Å². The third-order valence-corrected chi connectivity index (χ3v) is 2.24. The van der Waals surface area contributed by atoms with Gasteiger partial charge in [-0.2, -0.15) is 0 Å². The Bertz CT molecular complexity index is 263. The Balaban J connectivity index is 2.08. The molecule has 2 heterocycles. The molecule has 13 heavy (non-hydrogen) atoms. The summed E-state index contributed by atoms with van der Waals surface area (Å²) in [5.41, 5.74) is 1.20. The predicted molar refractivity (Wildman–Crippen MR) is 50.4 cm³/mol. The molecule has 2 rings (SSSR count). The van der Waals surface area contributed by atoms with Crippen LogP contribution in [0, 0.1) is 0 Å². The van der Waals surface area contributed by atoms with Crippen LogP contribution in [0.15, 0.2) is 24.5 Å². The Morgan fingerprint density at radius 3 is 2.85 bits per heavy atom. The molecule has 1 aliphatic rings. The molecule has 1 saturated heterocycles. The first-order valence-corrected chi connectivity index (χ1v) is 4.62. The van der Waals surface area contributed by atoms with Gasteiger partial charge in [-0.05, 0) is 24.6 Å². The summed E-state index contributed by atoms with van der Waals surface area (Å²) in [6.07, 6.45) is 4.09. The zero-order valence-corrected chi connectivity index (χ0v) is 7.73. The lowest BCUT2D eigenvalue weighted by atomic mass is 10.1. The molecule has 1 fully saturated rings. The monoisotopic (exact) mass is 178 g/mol. The van der Waals surface area contributed by atoms with Crippen LogP contribution in [-0.4, -0.2) is 24.2 Å². The van der Waals surface area contributed by atoms with Crippen LogP contribution >= 0.6 is 0 Å². The third kappa shape index (κ3) is 2.05. The highest BCUT2D eigenvalue weighted by Gasteiger charge is 2.19. The molecule has 2 unspecified atom stereocenters. The van der Waals surface area contributed by atoms with Crippen LogP contribution in [0.2, 0.25) is 0 Å². The Kier molecular flexibility index (Phi) is 2.57. The standard InChI is InChI=1S/C10H14N2O/c1-8-6-12-7-10(13-8)9-2-4-11-5-3-9/h2-5,8,10,12H,6-7H2,1H3. The van der Waals surface area contributed by atoms with Crippen LogP contribution in [0.3, 0.4) is 0 Å². The summed E-state index contributed by atoms with van der Waals surface area (Å²) in [4.78, 5) is 3.98. The summed E-state index contributed by atoms with van der Waals surface area (Å²) in [5.74, 6) is 0. The van der Waals surface area contributed by atoms with Gasteiger partial charge in [-0.25, -0.2) is 0 Å². The van der Waals surface area contributed by atoms with Crippen molar-refractivity contribution in [2.45, 2.75) is 19.1 Å². The van der Waals surface area contributed by atoms with E-state index in [1.165, 1.54) is 5.56 Å². The van der Waals surface area contributed by atoms with Crippen LogP contribution in [0.25, 0.3) is 0 Å². The molecule has 1 N–H and O–H groups in total. The second-order valence-electron chi connectivity index (χ2n) is 3.37. The van der Waals surface area contributed by atoms with E-state index < -0.39 is 0 Å². The first-order valence-electron chi connectivity index (χ1n) is 4.62. The molecule has 0 bridgehead atoms. The molecule has 0 aliphatic carbocycles. The SMILES string of the molecule is CC1CNCC(c2ccncc2)O1. The van der Waals surface area contributed by atoms with Crippen molar-refractivity contribution < 1.29 is 4.74 Å². The minimum absolute atomic E-state index is 0.187. The average molecular weight is 178 g/mol. The first-order chi connectivity index (χ1) is 6.36. The number of nitrogens with one attached hydrogen (secondary N) is 1. The molecular formula is C10H14N2O. The van der Waals surface area contributed by atoms with E-state index in [-0.39, 0.29) is 6.10 Å². The molecule has 3 nitrogen and oxygen atoms in total. The Labute approximate surface area is 78.1 Å². The summed E-state index contributed by atoms with van der Waals surface area (Å²) in [6.45, 7) is 3.93. The fourth-order valence-corrected chi connectivity index (χ4v) is 1.57. The number of aromatic nitrogens is 1. The second kappa shape index (κ2) is 3.85. The van der Waals surface area contributed by atoms with E-state index in [0.717, 1.165) is 13.1 Å². The molecule has 3 heteroatoms. The fraction of sp³-hybridized carbons (Fsp3) is 0.500. The number of hydrogen-bond donors (Lipinski definition) is 1. The van der Waals surface area contributed by atoms with Gasteiger partial charge >= 0.3 is 0 Å². The molecule has 1 aromatic heterocycles. The third-order valence-electron chi connectivity index (χ3n) is 2.24. The Hall–Kier alpha value is -0.930. The van der Waals surface area contributed by atoms with Gasteiger partial charge < -0.3 is 10.1 Å². The lowest BCUT2D eigenvalue weighted by Gasteiger charge is -2.28. The van der Waals surface area contributed by atoms with Gasteiger partial charge in [-0.1, -0.05) is 0 Å². The van der Waals surface area contributed by atoms with E-state index in [0.29, 0.717) is 6.10 Å². The average Bonchev–Trinajstić information content (AvgIpc) is 2.19. The molecule has 0 saturated carbocycles. The molecule has 70 valence electrons. The number of nitrogens with zero attached hydrogens (tertiary/aromatic N) is 1. The van der Waals surface area contributed by atoms with E-state index in [4.69, 9.17) is 4.74 Å². The van der Waals surface area contributed by atoms with Crippen LogP contribution < -0.4 is 5.32 Å². The molecule has 0 amide bonds. The zero-order chi connectivity index (χ0) is 9.10. The quantitative estimate of drug-likeness (QED) is 0.700. The molecule has 0 spiro atoms. The highest BCUT2D eigenvalue weighted by atomic mass is 16.5. The first kappa shape index (κ1) is 8.66. The van der Waals surface area contributed by atoms with Crippen molar-refractivity contribution in [2.75, 3.05) is 13.1 Å². The normalized spacial score (nSPS) is 28.7. The van der Waals surface area contributed by atoms with Gasteiger partial charge in [0.05, 0.1) is 12.2 Å². The van der Waals surface area contributed by atoms with Crippen molar-refractivity contribution in [3.05, 3.63) is 30.1 Å². The van der Waals surface area contributed by atoms with Crippen molar-refractivity contribution in [3.8, 4) is 0 Å². The van der Waals surface area contributed by atoms with Gasteiger partial charge in [0.1, 0.15) is 0 Å². The fourth-order valence-electron chi connectivity index (χ4n) is 1.57. The lowest BCUT2D eigenvalue weighted by Crippen LogP contribution is -2.38. The summed E-state index contributed by atoms with van der Waals surface area (Å²) in [6, 6.07) is 4.01. The number of rotatable bonds is 1. The second-order valence-corrected chi connectivity index (χ2v) is 3.37. The van der Waals surface area contributed by atoms with Crippen LogP contribution in [0.4, 0.5) is 0 Å². The van der Waals surface area contributed by atoms with Crippen molar-refractivity contribution in [2.24, 2.45) is 0 Å². The highest BCUT2D eigenvalue weighted by Crippen LogP contribution is 2.19. The largest absolute Gasteiger partial charge is 0.368 e. The molecule has 0 aromatic carbocycles. The molecular weight excluding hydrogens is 164 g/mol. The maximum Gasteiger partial charge on any atom is 0.0954 e. The minimum Gasteiger partial charge on any atom is -0.368 e. The topological polar surface area (TPSA) is 34.2 Å². The highest BCUT2D eigenvalue weighted by molar-refractivity contribution is 5.14. The van der Waals surface area contributed by atoms with Crippen molar-refractivity contribution >= 4 is 0 Å². The molecule has 1 aromatic rings. The smallest absolute Gasteiger partial charge is 0.0954 e.